The summed E-state index contributed by atoms with van der Waals surface area (Å²) in [5.41, 5.74) is 10.6. The van der Waals surface area contributed by atoms with Crippen molar-refractivity contribution in [3.05, 3.63) is 54.0 Å². The third-order valence-electron chi connectivity index (χ3n) is 4.09. The largest absolute Gasteiger partial charge is 0.493 e. The van der Waals surface area contributed by atoms with Crippen molar-refractivity contribution < 1.29 is 9.47 Å². The van der Waals surface area contributed by atoms with Gasteiger partial charge in [0.25, 0.3) is 0 Å². The fraction of sp³-hybridized carbons (Fsp3) is 0.105. The van der Waals surface area contributed by atoms with Crippen LogP contribution in [-0.2, 0) is 0 Å². The summed E-state index contributed by atoms with van der Waals surface area (Å²) in [5, 5.41) is 2.09. The smallest absolute Gasteiger partial charge is 0.194 e. The lowest BCUT2D eigenvalue weighted by molar-refractivity contribution is 0.355. The van der Waals surface area contributed by atoms with E-state index in [9.17, 15) is 0 Å². The molecule has 6 heteroatoms. The number of fused-ring (bicyclic) bond motifs is 1. The van der Waals surface area contributed by atoms with Crippen molar-refractivity contribution in [2.45, 2.75) is 0 Å². The Hall–Kier alpha value is -2.99. The Labute approximate surface area is 149 Å². The molecule has 0 unspecified atom stereocenters. The molecule has 0 radical (unpaired) electrons. The van der Waals surface area contributed by atoms with Crippen LogP contribution >= 0.6 is 11.3 Å². The summed E-state index contributed by atoms with van der Waals surface area (Å²) in [6.45, 7) is 0. The zero-order valence-corrected chi connectivity index (χ0v) is 14.7. The highest BCUT2D eigenvalue weighted by Crippen LogP contribution is 2.35. The molecule has 2 N–H and O–H groups in total. The normalized spacial score (nSPS) is 11.0. The van der Waals surface area contributed by atoms with Crippen LogP contribution in [0.3, 0.4) is 0 Å². The second-order valence-electron chi connectivity index (χ2n) is 5.59. The maximum absolute atomic E-state index is 5.77. The number of aromatic nitrogens is 2. The fourth-order valence-corrected chi connectivity index (χ4v) is 3.66. The van der Waals surface area contributed by atoms with Crippen LogP contribution < -0.4 is 15.2 Å². The van der Waals surface area contributed by atoms with E-state index < -0.39 is 0 Å². The number of rotatable bonds is 4. The molecule has 0 amide bonds. The molecule has 0 atom stereocenters. The van der Waals surface area contributed by atoms with Gasteiger partial charge in [-0.05, 0) is 30.3 Å². The third kappa shape index (κ3) is 2.70. The van der Waals surface area contributed by atoms with Gasteiger partial charge >= 0.3 is 0 Å². The maximum atomic E-state index is 5.77. The number of thiazole rings is 1. The van der Waals surface area contributed by atoms with Gasteiger partial charge in [0.05, 0.1) is 25.6 Å². The predicted molar refractivity (Wildman–Crippen MR) is 101 cm³/mol. The molecule has 0 saturated heterocycles. The molecule has 126 valence electrons. The molecule has 4 rings (SSSR count). The van der Waals surface area contributed by atoms with E-state index in [1.54, 1.807) is 25.6 Å². The second kappa shape index (κ2) is 6.14. The van der Waals surface area contributed by atoms with Crippen LogP contribution in [0.1, 0.15) is 0 Å². The first-order valence-electron chi connectivity index (χ1n) is 7.74. The molecule has 0 fully saturated rings. The van der Waals surface area contributed by atoms with Gasteiger partial charge in [0.2, 0.25) is 0 Å². The lowest BCUT2D eigenvalue weighted by Crippen LogP contribution is -1.91. The van der Waals surface area contributed by atoms with E-state index in [-0.39, 0.29) is 0 Å². The molecule has 0 aliphatic carbocycles. The van der Waals surface area contributed by atoms with Gasteiger partial charge in [0.15, 0.2) is 16.5 Å². The number of nitrogens with two attached hydrogens (primary N) is 1. The van der Waals surface area contributed by atoms with Crippen molar-refractivity contribution >= 4 is 22.0 Å². The van der Waals surface area contributed by atoms with Crippen LogP contribution in [0, 0.1) is 0 Å². The summed E-state index contributed by atoms with van der Waals surface area (Å²) >= 11 is 1.61. The van der Waals surface area contributed by atoms with Crippen LogP contribution in [-0.4, -0.2) is 23.6 Å². The van der Waals surface area contributed by atoms with Crippen molar-refractivity contribution in [2.24, 2.45) is 0 Å². The molecular formula is C19H17N3O2S. The number of hydrogen-bond donors (Lipinski definition) is 1. The van der Waals surface area contributed by atoms with E-state index in [0.717, 1.165) is 33.2 Å². The van der Waals surface area contributed by atoms with E-state index >= 15 is 0 Å². The van der Waals surface area contributed by atoms with Crippen LogP contribution in [0.2, 0.25) is 0 Å². The molecule has 2 heterocycles. The van der Waals surface area contributed by atoms with Crippen molar-refractivity contribution in [1.82, 2.24) is 9.38 Å². The first-order valence-corrected chi connectivity index (χ1v) is 8.62. The van der Waals surface area contributed by atoms with Gasteiger partial charge in [0, 0.05) is 28.4 Å². The molecule has 4 aromatic rings. The maximum Gasteiger partial charge on any atom is 0.194 e. The Kier molecular flexibility index (Phi) is 3.82. The fourth-order valence-electron chi connectivity index (χ4n) is 2.78. The number of nitrogen functional groups attached to an aromatic ring is 1. The van der Waals surface area contributed by atoms with Gasteiger partial charge in [-0.15, -0.1) is 11.3 Å². The minimum Gasteiger partial charge on any atom is -0.493 e. The Morgan fingerprint density at radius 3 is 2.40 bits per heavy atom. The Morgan fingerprint density at radius 2 is 1.68 bits per heavy atom. The van der Waals surface area contributed by atoms with Gasteiger partial charge in [-0.25, -0.2) is 4.98 Å². The van der Waals surface area contributed by atoms with Crippen LogP contribution in [0.4, 0.5) is 5.69 Å². The summed E-state index contributed by atoms with van der Waals surface area (Å²) < 4.78 is 12.8. The van der Waals surface area contributed by atoms with Crippen molar-refractivity contribution in [3.8, 4) is 34.0 Å². The average Bonchev–Trinajstić information content (AvgIpc) is 3.22. The lowest BCUT2D eigenvalue weighted by Gasteiger charge is -2.09. The van der Waals surface area contributed by atoms with Gasteiger partial charge < -0.3 is 15.2 Å². The Morgan fingerprint density at radius 1 is 0.960 bits per heavy atom. The standard InChI is InChI=1S/C19H17N3O2S/c1-23-17-8-5-13(9-18(17)24-2)16-11-25-19-21-15(10-22(16)19)12-3-6-14(20)7-4-12/h3-11H,20H2,1-2H3. The molecule has 25 heavy (non-hydrogen) atoms. The monoisotopic (exact) mass is 351 g/mol. The Bertz CT molecular complexity index is 1030. The number of ether oxygens (including phenoxy) is 2. The number of nitrogens with zero attached hydrogens (tertiary/aromatic N) is 2. The molecule has 0 aliphatic rings. The number of hydrogen-bond acceptors (Lipinski definition) is 5. The molecule has 0 aliphatic heterocycles. The van der Waals surface area contributed by atoms with Gasteiger partial charge in [-0.1, -0.05) is 12.1 Å². The molecule has 2 aromatic carbocycles. The van der Waals surface area contributed by atoms with Gasteiger partial charge in [-0.3, -0.25) is 4.40 Å². The number of anilines is 1. The van der Waals surface area contributed by atoms with Crippen LogP contribution in [0.15, 0.2) is 54.0 Å². The molecule has 5 nitrogen and oxygen atoms in total. The SMILES string of the molecule is COc1ccc(-c2csc3nc(-c4ccc(N)cc4)cn23)cc1OC. The zero-order valence-electron chi connectivity index (χ0n) is 13.9. The summed E-state index contributed by atoms with van der Waals surface area (Å²) in [5.74, 6) is 1.42. The summed E-state index contributed by atoms with van der Waals surface area (Å²) in [6, 6.07) is 13.6. The van der Waals surface area contributed by atoms with E-state index in [0.29, 0.717) is 11.5 Å². The van der Waals surface area contributed by atoms with Crippen molar-refractivity contribution in [2.75, 3.05) is 20.0 Å². The Balaban J connectivity index is 1.80. The summed E-state index contributed by atoms with van der Waals surface area (Å²) in [6.07, 6.45) is 2.05. The first-order chi connectivity index (χ1) is 12.2. The third-order valence-corrected chi connectivity index (χ3v) is 4.93. The molecule has 0 saturated carbocycles. The number of benzene rings is 2. The van der Waals surface area contributed by atoms with E-state index in [4.69, 9.17) is 20.2 Å². The minimum atomic E-state index is 0.707. The summed E-state index contributed by atoms with van der Waals surface area (Å²) in [4.78, 5) is 5.66. The molecule has 0 spiro atoms. The highest BCUT2D eigenvalue weighted by Gasteiger charge is 2.13. The first kappa shape index (κ1) is 15.5. The highest BCUT2D eigenvalue weighted by molar-refractivity contribution is 7.15. The quantitative estimate of drug-likeness (QED) is 0.556. The lowest BCUT2D eigenvalue weighted by atomic mass is 10.1. The molecule has 0 bridgehead atoms. The number of imidazole rings is 1. The van der Waals surface area contributed by atoms with Crippen LogP contribution in [0.25, 0.3) is 27.5 Å². The number of methoxy groups -OCH3 is 2. The van der Waals surface area contributed by atoms with Crippen LogP contribution in [0.5, 0.6) is 11.5 Å². The highest BCUT2D eigenvalue weighted by atomic mass is 32.1. The predicted octanol–water partition coefficient (Wildman–Crippen LogP) is 4.33. The van der Waals surface area contributed by atoms with E-state index in [2.05, 4.69) is 9.78 Å². The van der Waals surface area contributed by atoms with Gasteiger partial charge in [0.1, 0.15) is 0 Å². The molecule has 2 aromatic heterocycles. The topological polar surface area (TPSA) is 61.8 Å². The second-order valence-corrected chi connectivity index (χ2v) is 6.43. The zero-order chi connectivity index (χ0) is 17.4. The van der Waals surface area contributed by atoms with E-state index in [1.807, 2.05) is 48.7 Å². The minimum absolute atomic E-state index is 0.707. The molecular weight excluding hydrogens is 334 g/mol. The van der Waals surface area contributed by atoms with E-state index in [1.165, 1.54) is 0 Å². The average molecular weight is 351 g/mol. The van der Waals surface area contributed by atoms with Crippen molar-refractivity contribution in [1.29, 1.82) is 0 Å². The van der Waals surface area contributed by atoms with Gasteiger partial charge in [-0.2, -0.15) is 0 Å². The van der Waals surface area contributed by atoms with Crippen molar-refractivity contribution in [3.63, 3.8) is 0 Å². The summed E-state index contributed by atoms with van der Waals surface area (Å²) in [7, 11) is 3.27.